The Morgan fingerprint density at radius 2 is 1.81 bits per heavy atom. The first-order valence-electron chi connectivity index (χ1n) is 6.37. The summed E-state index contributed by atoms with van der Waals surface area (Å²) in [5.74, 6) is 1.27. The molecule has 4 nitrogen and oxygen atoms in total. The molecule has 0 aliphatic carbocycles. The van der Waals surface area contributed by atoms with E-state index in [2.05, 4.69) is 10.6 Å². The number of para-hydroxylation sites is 1. The minimum Gasteiger partial charge on any atom is -0.386 e. The molecule has 1 aliphatic heterocycles. The highest BCUT2D eigenvalue weighted by molar-refractivity contribution is 8.03. The van der Waals surface area contributed by atoms with E-state index in [9.17, 15) is 18.7 Å². The van der Waals surface area contributed by atoms with Crippen molar-refractivity contribution >= 4 is 35.2 Å². The van der Waals surface area contributed by atoms with Gasteiger partial charge in [0.2, 0.25) is 0 Å². The number of carbonyl (C=O) groups excluding carboxylic acids is 1. The zero-order chi connectivity index (χ0) is 15.3. The van der Waals surface area contributed by atoms with Crippen LogP contribution < -0.4 is 10.6 Å². The van der Waals surface area contributed by atoms with Gasteiger partial charge in [-0.05, 0) is 12.1 Å². The zero-order valence-electron chi connectivity index (χ0n) is 11.2. The summed E-state index contributed by atoms with van der Waals surface area (Å²) in [7, 11) is 0. The SMILES string of the molecule is O=C(NCC1(O)CSCCSC1)Nc1c(F)cccc1F. The lowest BCUT2D eigenvalue weighted by atomic mass is 10.1. The Balaban J connectivity index is 1.90. The smallest absolute Gasteiger partial charge is 0.319 e. The van der Waals surface area contributed by atoms with Gasteiger partial charge in [-0.25, -0.2) is 13.6 Å². The van der Waals surface area contributed by atoms with Crippen LogP contribution in [0.25, 0.3) is 0 Å². The molecule has 1 fully saturated rings. The van der Waals surface area contributed by atoms with E-state index in [0.717, 1.165) is 23.6 Å². The lowest BCUT2D eigenvalue weighted by Crippen LogP contribution is -2.47. The molecule has 1 saturated heterocycles. The van der Waals surface area contributed by atoms with Gasteiger partial charge in [-0.15, -0.1) is 0 Å². The Kier molecular flexibility index (Phi) is 5.72. The largest absolute Gasteiger partial charge is 0.386 e. The van der Waals surface area contributed by atoms with Crippen LogP contribution >= 0.6 is 23.5 Å². The van der Waals surface area contributed by atoms with Gasteiger partial charge in [-0.1, -0.05) is 6.07 Å². The molecule has 0 radical (unpaired) electrons. The summed E-state index contributed by atoms with van der Waals surface area (Å²) in [5.41, 5.74) is -1.50. The van der Waals surface area contributed by atoms with Crippen molar-refractivity contribution in [2.75, 3.05) is 34.9 Å². The number of benzene rings is 1. The van der Waals surface area contributed by atoms with Gasteiger partial charge in [0.25, 0.3) is 0 Å². The maximum absolute atomic E-state index is 13.4. The predicted octanol–water partition coefficient (Wildman–Crippen LogP) is 2.30. The van der Waals surface area contributed by atoms with E-state index in [1.165, 1.54) is 6.07 Å². The summed E-state index contributed by atoms with van der Waals surface area (Å²) >= 11 is 3.24. The summed E-state index contributed by atoms with van der Waals surface area (Å²) in [4.78, 5) is 11.7. The van der Waals surface area contributed by atoms with Gasteiger partial charge in [0.1, 0.15) is 17.3 Å². The zero-order valence-corrected chi connectivity index (χ0v) is 12.8. The number of carbonyl (C=O) groups is 1. The molecule has 0 atom stereocenters. The van der Waals surface area contributed by atoms with Crippen molar-refractivity contribution in [2.45, 2.75) is 5.60 Å². The molecule has 0 aromatic heterocycles. The standard InChI is InChI=1S/C13H16F2N2O2S2/c14-9-2-1-3-10(15)11(9)17-12(18)16-6-13(19)7-20-4-5-21-8-13/h1-3,19H,4-8H2,(H2,16,17,18). The molecule has 2 rings (SSSR count). The average Bonchev–Trinajstić information content (AvgIpc) is 2.66. The third kappa shape index (κ3) is 4.76. The number of rotatable bonds is 3. The number of thioether (sulfide) groups is 2. The van der Waals surface area contributed by atoms with E-state index in [-0.39, 0.29) is 6.54 Å². The van der Waals surface area contributed by atoms with Crippen molar-refractivity contribution in [2.24, 2.45) is 0 Å². The summed E-state index contributed by atoms with van der Waals surface area (Å²) < 4.78 is 26.8. The van der Waals surface area contributed by atoms with Crippen LogP contribution in [0.5, 0.6) is 0 Å². The monoisotopic (exact) mass is 334 g/mol. The van der Waals surface area contributed by atoms with E-state index in [4.69, 9.17) is 0 Å². The van der Waals surface area contributed by atoms with E-state index >= 15 is 0 Å². The summed E-state index contributed by atoms with van der Waals surface area (Å²) in [6, 6.07) is 2.60. The van der Waals surface area contributed by atoms with Crippen molar-refractivity contribution < 1.29 is 18.7 Å². The number of nitrogens with one attached hydrogen (secondary N) is 2. The van der Waals surface area contributed by atoms with E-state index in [1.807, 2.05) is 0 Å². The molecule has 1 heterocycles. The van der Waals surface area contributed by atoms with Crippen LogP contribution in [-0.2, 0) is 0 Å². The van der Waals surface area contributed by atoms with Gasteiger partial charge in [-0.3, -0.25) is 0 Å². The minimum atomic E-state index is -1.00. The normalized spacial score (nSPS) is 17.9. The molecular weight excluding hydrogens is 318 g/mol. The van der Waals surface area contributed by atoms with Crippen LogP contribution in [0, 0.1) is 11.6 Å². The summed E-state index contributed by atoms with van der Waals surface area (Å²) in [5, 5.41) is 14.9. The number of urea groups is 1. The highest BCUT2D eigenvalue weighted by atomic mass is 32.2. The van der Waals surface area contributed by atoms with Crippen LogP contribution in [0.2, 0.25) is 0 Å². The van der Waals surface area contributed by atoms with Crippen molar-refractivity contribution in [1.82, 2.24) is 5.32 Å². The number of hydrogen-bond acceptors (Lipinski definition) is 4. The molecule has 1 aromatic rings. The fourth-order valence-corrected chi connectivity index (χ4v) is 4.33. The highest BCUT2D eigenvalue weighted by Gasteiger charge is 2.29. The van der Waals surface area contributed by atoms with E-state index in [1.54, 1.807) is 23.5 Å². The van der Waals surface area contributed by atoms with Gasteiger partial charge < -0.3 is 15.7 Å². The Morgan fingerprint density at radius 1 is 1.24 bits per heavy atom. The quantitative estimate of drug-likeness (QED) is 0.794. The molecular formula is C13H16F2N2O2S2. The third-order valence-corrected chi connectivity index (χ3v) is 5.62. The first-order chi connectivity index (χ1) is 10.0. The molecule has 0 unspecified atom stereocenters. The number of aliphatic hydroxyl groups is 1. The van der Waals surface area contributed by atoms with Gasteiger partial charge >= 0.3 is 6.03 Å². The molecule has 0 bridgehead atoms. The first kappa shape index (κ1) is 16.4. The van der Waals surface area contributed by atoms with Crippen LogP contribution in [0.3, 0.4) is 0 Å². The second-order valence-electron chi connectivity index (χ2n) is 4.73. The van der Waals surface area contributed by atoms with Gasteiger partial charge in [0.15, 0.2) is 0 Å². The maximum Gasteiger partial charge on any atom is 0.319 e. The Hall–Kier alpha value is -0.990. The molecule has 1 aliphatic rings. The molecule has 1 aromatic carbocycles. The van der Waals surface area contributed by atoms with Gasteiger partial charge in [0.05, 0.1) is 5.60 Å². The molecule has 0 spiro atoms. The van der Waals surface area contributed by atoms with Gasteiger partial charge in [0, 0.05) is 29.6 Å². The Bertz CT molecular complexity index is 489. The Morgan fingerprint density at radius 3 is 2.38 bits per heavy atom. The molecule has 3 N–H and O–H groups in total. The van der Waals surface area contributed by atoms with Crippen LogP contribution in [0.1, 0.15) is 0 Å². The van der Waals surface area contributed by atoms with Crippen LogP contribution in [0.4, 0.5) is 19.3 Å². The maximum atomic E-state index is 13.4. The molecule has 0 saturated carbocycles. The van der Waals surface area contributed by atoms with Crippen molar-refractivity contribution in [3.63, 3.8) is 0 Å². The van der Waals surface area contributed by atoms with E-state index in [0.29, 0.717) is 11.5 Å². The second-order valence-corrected chi connectivity index (χ2v) is 6.94. The topological polar surface area (TPSA) is 61.4 Å². The number of halogens is 2. The van der Waals surface area contributed by atoms with Crippen molar-refractivity contribution in [3.05, 3.63) is 29.8 Å². The fourth-order valence-electron chi connectivity index (χ4n) is 1.81. The Labute approximate surface area is 130 Å². The predicted molar refractivity (Wildman–Crippen MR) is 83.0 cm³/mol. The fraction of sp³-hybridized carbons (Fsp3) is 0.462. The van der Waals surface area contributed by atoms with Crippen LogP contribution in [0.15, 0.2) is 18.2 Å². The molecule has 21 heavy (non-hydrogen) atoms. The van der Waals surface area contributed by atoms with Crippen molar-refractivity contribution in [1.29, 1.82) is 0 Å². The summed E-state index contributed by atoms with van der Waals surface area (Å²) in [6.07, 6.45) is 0. The third-order valence-electron chi connectivity index (χ3n) is 2.89. The number of amides is 2. The minimum absolute atomic E-state index is 0.0366. The lowest BCUT2D eigenvalue weighted by Gasteiger charge is -2.25. The molecule has 116 valence electrons. The summed E-state index contributed by atoms with van der Waals surface area (Å²) in [6.45, 7) is 0.0366. The number of anilines is 1. The lowest BCUT2D eigenvalue weighted by molar-refractivity contribution is 0.0928. The van der Waals surface area contributed by atoms with E-state index < -0.39 is 29.0 Å². The van der Waals surface area contributed by atoms with Crippen LogP contribution in [-0.4, -0.2) is 46.3 Å². The average molecular weight is 334 g/mol. The van der Waals surface area contributed by atoms with Gasteiger partial charge in [-0.2, -0.15) is 23.5 Å². The highest BCUT2D eigenvalue weighted by Crippen LogP contribution is 2.24. The number of hydrogen-bond donors (Lipinski definition) is 3. The molecule has 2 amide bonds. The first-order valence-corrected chi connectivity index (χ1v) is 8.68. The molecule has 8 heteroatoms. The van der Waals surface area contributed by atoms with Crippen molar-refractivity contribution in [3.8, 4) is 0 Å². The second kappa shape index (κ2) is 7.33.